The highest BCUT2D eigenvalue weighted by atomic mass is 16.1. The van der Waals surface area contributed by atoms with Gasteiger partial charge < -0.3 is 0 Å². The second-order valence-corrected chi connectivity index (χ2v) is 4.58. The van der Waals surface area contributed by atoms with E-state index < -0.39 is 0 Å². The maximum Gasteiger partial charge on any atom is 0.150 e. The first-order valence-corrected chi connectivity index (χ1v) is 7.12. The summed E-state index contributed by atoms with van der Waals surface area (Å²) < 4.78 is 0. The fourth-order valence-electron chi connectivity index (χ4n) is 1.84. The van der Waals surface area contributed by atoms with Crippen molar-refractivity contribution < 1.29 is 4.79 Å². The minimum atomic E-state index is -0.0159. The molecule has 0 amide bonds. The molecule has 0 spiro atoms. The molecule has 0 atom stereocenters. The van der Waals surface area contributed by atoms with Gasteiger partial charge in [0.05, 0.1) is 7.85 Å². The largest absolute Gasteiger partial charge is 0.295 e. The second kappa shape index (κ2) is 9.36. The summed E-state index contributed by atoms with van der Waals surface area (Å²) in [5.74, 6) is -0.0159. The molecule has 0 aliphatic heterocycles. The quantitative estimate of drug-likeness (QED) is 0.432. The maximum atomic E-state index is 11.5. The lowest BCUT2D eigenvalue weighted by Gasteiger charge is -2.09. The first kappa shape index (κ1) is 18.4. The lowest BCUT2D eigenvalue weighted by atomic mass is 9.92. The van der Waals surface area contributed by atoms with Crippen LogP contribution in [0.2, 0.25) is 6.32 Å². The Morgan fingerprint density at radius 1 is 1.25 bits per heavy atom. The summed E-state index contributed by atoms with van der Waals surface area (Å²) in [5.41, 5.74) is 5.45. The summed E-state index contributed by atoms with van der Waals surface area (Å²) in [6, 6.07) is 4.27. The molecule has 0 heterocycles. The summed E-state index contributed by atoms with van der Waals surface area (Å²) in [5, 5.41) is 0. The Bertz CT molecular complexity index is 498. The number of aryl methyl sites for hydroxylation is 2. The number of hydrogen-bond acceptors (Lipinski definition) is 1. The molecule has 2 radical (unpaired) electrons. The molecule has 0 N–H and O–H groups in total. The SMILES string of the molecule is CC.[B]CC(=O)/C(C)=C/c1cc(C)c(C)cc1CC=C. The highest BCUT2D eigenvalue weighted by molar-refractivity contribution is 6.24. The van der Waals surface area contributed by atoms with E-state index in [0.717, 1.165) is 12.0 Å². The first-order valence-electron chi connectivity index (χ1n) is 7.12. The monoisotopic (exact) mass is 268 g/mol. The average Bonchev–Trinajstić information content (AvgIpc) is 2.45. The van der Waals surface area contributed by atoms with Crippen LogP contribution < -0.4 is 0 Å². The van der Waals surface area contributed by atoms with E-state index in [1.807, 2.05) is 32.9 Å². The van der Waals surface area contributed by atoms with Crippen molar-refractivity contribution in [2.45, 2.75) is 47.4 Å². The van der Waals surface area contributed by atoms with Crippen molar-refractivity contribution in [1.29, 1.82) is 0 Å². The maximum absolute atomic E-state index is 11.5. The molecule has 1 nitrogen and oxygen atoms in total. The van der Waals surface area contributed by atoms with Gasteiger partial charge in [0, 0.05) is 0 Å². The van der Waals surface area contributed by atoms with Crippen molar-refractivity contribution in [3.8, 4) is 0 Å². The number of benzene rings is 1. The highest BCUT2D eigenvalue weighted by Crippen LogP contribution is 2.20. The van der Waals surface area contributed by atoms with E-state index in [4.69, 9.17) is 7.85 Å². The fourth-order valence-corrected chi connectivity index (χ4v) is 1.84. The van der Waals surface area contributed by atoms with Crippen molar-refractivity contribution in [2.75, 3.05) is 0 Å². The molecule has 2 heteroatoms. The number of Topliss-reactive ketones (excluding diaryl/α,β-unsaturated/α-hetero) is 1. The predicted molar refractivity (Wildman–Crippen MR) is 90.4 cm³/mol. The third-order valence-corrected chi connectivity index (χ3v) is 3.12. The van der Waals surface area contributed by atoms with E-state index in [9.17, 15) is 4.79 Å². The normalized spacial score (nSPS) is 10.6. The number of carbonyl (C=O) groups is 1. The summed E-state index contributed by atoms with van der Waals surface area (Å²) in [4.78, 5) is 11.5. The zero-order valence-electron chi connectivity index (χ0n) is 13.4. The summed E-state index contributed by atoms with van der Waals surface area (Å²) in [6.45, 7) is 13.7. The number of carbonyl (C=O) groups excluding carboxylic acids is 1. The Hall–Kier alpha value is -1.57. The molecule has 0 aliphatic carbocycles. The van der Waals surface area contributed by atoms with Gasteiger partial charge in [-0.2, -0.15) is 0 Å². The molecule has 0 unspecified atom stereocenters. The average molecular weight is 268 g/mol. The van der Waals surface area contributed by atoms with E-state index in [2.05, 4.69) is 32.6 Å². The van der Waals surface area contributed by atoms with Crippen LogP contribution in [0.1, 0.15) is 43.0 Å². The van der Waals surface area contributed by atoms with Crippen LogP contribution in [-0.2, 0) is 11.2 Å². The van der Waals surface area contributed by atoms with Crippen molar-refractivity contribution in [3.05, 3.63) is 52.6 Å². The van der Waals surface area contributed by atoms with Gasteiger partial charge in [0.2, 0.25) is 0 Å². The molecule has 20 heavy (non-hydrogen) atoms. The Labute approximate surface area is 125 Å². The number of allylic oxidation sites excluding steroid dienone is 2. The topological polar surface area (TPSA) is 17.1 Å². The lowest BCUT2D eigenvalue weighted by Crippen LogP contribution is -1.99. The Kier molecular flexibility index (Phi) is 8.62. The highest BCUT2D eigenvalue weighted by Gasteiger charge is 2.05. The Morgan fingerprint density at radius 3 is 2.30 bits per heavy atom. The standard InChI is InChI=1S/C16H19BO.C2H6/c1-5-6-14-7-11(2)12(3)8-15(14)9-13(4)16(18)10-17;1-2/h5,7-9H,1,6,10H2,2-4H3;1-2H3/b13-9+;. The predicted octanol–water partition coefficient (Wildman–Crippen LogP) is 4.62. The molecule has 0 aromatic heterocycles. The molecule has 106 valence electrons. The molecule has 1 rings (SSSR count). The van der Waals surface area contributed by atoms with Crippen LogP contribution in [0.4, 0.5) is 0 Å². The van der Waals surface area contributed by atoms with Crippen molar-refractivity contribution in [3.63, 3.8) is 0 Å². The molecule has 0 saturated carbocycles. The summed E-state index contributed by atoms with van der Waals surface area (Å²) >= 11 is 0. The number of hydrogen-bond donors (Lipinski definition) is 0. The van der Waals surface area contributed by atoms with Crippen molar-refractivity contribution >= 4 is 19.7 Å². The van der Waals surface area contributed by atoms with Crippen LogP contribution in [0.5, 0.6) is 0 Å². The summed E-state index contributed by atoms with van der Waals surface area (Å²) in [7, 11) is 5.37. The molecule has 0 saturated heterocycles. The Morgan fingerprint density at radius 2 is 1.80 bits per heavy atom. The van der Waals surface area contributed by atoms with Gasteiger partial charge in [-0.15, -0.1) is 6.58 Å². The van der Waals surface area contributed by atoms with Gasteiger partial charge in [-0.1, -0.05) is 32.1 Å². The van der Waals surface area contributed by atoms with Crippen LogP contribution in [0, 0.1) is 13.8 Å². The molecule has 0 fully saturated rings. The van der Waals surface area contributed by atoms with Crippen LogP contribution in [0.25, 0.3) is 6.08 Å². The van der Waals surface area contributed by atoms with E-state index in [-0.39, 0.29) is 12.1 Å². The van der Waals surface area contributed by atoms with Gasteiger partial charge in [-0.25, -0.2) is 0 Å². The first-order chi connectivity index (χ1) is 9.49. The molecular weight excluding hydrogens is 243 g/mol. The van der Waals surface area contributed by atoms with Crippen LogP contribution >= 0.6 is 0 Å². The van der Waals surface area contributed by atoms with Gasteiger partial charge in [0.25, 0.3) is 0 Å². The number of rotatable bonds is 5. The van der Waals surface area contributed by atoms with Gasteiger partial charge in [-0.05, 0) is 67.4 Å². The molecule has 0 aliphatic rings. The van der Waals surface area contributed by atoms with E-state index >= 15 is 0 Å². The van der Waals surface area contributed by atoms with E-state index in [1.165, 1.54) is 16.7 Å². The fraction of sp³-hybridized carbons (Fsp3) is 0.389. The van der Waals surface area contributed by atoms with Crippen molar-refractivity contribution in [2.24, 2.45) is 0 Å². The Balaban J connectivity index is 0.00000172. The van der Waals surface area contributed by atoms with Crippen LogP contribution in [0.15, 0.2) is 30.4 Å². The second-order valence-electron chi connectivity index (χ2n) is 4.58. The van der Waals surface area contributed by atoms with Crippen LogP contribution in [0.3, 0.4) is 0 Å². The van der Waals surface area contributed by atoms with Gasteiger partial charge in [0.1, 0.15) is 5.78 Å². The van der Waals surface area contributed by atoms with Gasteiger partial charge in [0.15, 0.2) is 0 Å². The molecular formula is C18H25BO. The van der Waals surface area contributed by atoms with Gasteiger partial charge >= 0.3 is 0 Å². The minimum Gasteiger partial charge on any atom is -0.295 e. The third-order valence-electron chi connectivity index (χ3n) is 3.12. The minimum absolute atomic E-state index is 0.0159. The molecule has 1 aromatic carbocycles. The third kappa shape index (κ3) is 5.20. The van der Waals surface area contributed by atoms with Crippen molar-refractivity contribution in [1.82, 2.24) is 0 Å². The zero-order chi connectivity index (χ0) is 15.7. The smallest absolute Gasteiger partial charge is 0.150 e. The molecule has 0 bridgehead atoms. The van der Waals surface area contributed by atoms with Gasteiger partial charge in [-0.3, -0.25) is 4.79 Å². The zero-order valence-corrected chi connectivity index (χ0v) is 13.4. The van der Waals surface area contributed by atoms with Crippen LogP contribution in [-0.4, -0.2) is 13.6 Å². The van der Waals surface area contributed by atoms with E-state index in [1.54, 1.807) is 0 Å². The lowest BCUT2D eigenvalue weighted by molar-refractivity contribution is -0.113. The molecule has 1 aromatic rings. The number of ketones is 1. The van der Waals surface area contributed by atoms with E-state index in [0.29, 0.717) is 5.57 Å². The summed E-state index contributed by atoms with van der Waals surface area (Å²) in [6.07, 6.45) is 4.66.